The van der Waals surface area contributed by atoms with Crippen molar-refractivity contribution in [3.8, 4) is 11.1 Å². The molecule has 2 amide bonds. The fraction of sp³-hybridized carbons (Fsp3) is 0.231. The van der Waals surface area contributed by atoms with Gasteiger partial charge in [-0.2, -0.15) is 0 Å². The summed E-state index contributed by atoms with van der Waals surface area (Å²) in [5.41, 5.74) is 6.22. The first kappa shape index (κ1) is 19.5. The standard InChI is InChI=1S/C26H24N2O3/c1-16-10-11-17(26(31)28-13-12-18(29)15-28)14-23(16)27-25(30)24-21-8-4-2-6-19(21)20-7-3-5-9-22(20)24/h2-11,14,18,24,29H,12-13,15H2,1H3,(H,27,30)/t18-/m1/s1. The average molecular weight is 412 g/mol. The Kier molecular flexibility index (Phi) is 4.83. The molecule has 5 heteroatoms. The van der Waals surface area contributed by atoms with Gasteiger partial charge in [0.25, 0.3) is 5.91 Å². The molecule has 1 aliphatic heterocycles. The van der Waals surface area contributed by atoms with Crippen LogP contribution in [0.15, 0.2) is 66.7 Å². The second-order valence-corrected chi connectivity index (χ2v) is 8.32. The van der Waals surface area contributed by atoms with E-state index < -0.39 is 6.10 Å². The highest BCUT2D eigenvalue weighted by atomic mass is 16.3. The summed E-state index contributed by atoms with van der Waals surface area (Å²) in [4.78, 5) is 27.9. The maximum atomic E-state index is 13.4. The van der Waals surface area contributed by atoms with Crippen LogP contribution in [-0.4, -0.2) is 41.0 Å². The third-order valence-electron chi connectivity index (χ3n) is 6.29. The number of nitrogens with one attached hydrogen (secondary N) is 1. The second kappa shape index (κ2) is 7.67. The Bertz CT molecular complexity index is 1140. The molecule has 0 aromatic heterocycles. The van der Waals surface area contributed by atoms with Gasteiger partial charge in [0, 0.05) is 24.3 Å². The van der Waals surface area contributed by atoms with Crippen LogP contribution in [0.3, 0.4) is 0 Å². The molecule has 1 aliphatic carbocycles. The number of aliphatic hydroxyl groups is 1. The molecular formula is C26H24N2O3. The van der Waals surface area contributed by atoms with Gasteiger partial charge >= 0.3 is 0 Å². The molecule has 5 nitrogen and oxygen atoms in total. The van der Waals surface area contributed by atoms with E-state index >= 15 is 0 Å². The van der Waals surface area contributed by atoms with Crippen LogP contribution in [-0.2, 0) is 4.79 Å². The zero-order valence-electron chi connectivity index (χ0n) is 17.3. The zero-order chi connectivity index (χ0) is 21.5. The molecule has 31 heavy (non-hydrogen) atoms. The molecule has 156 valence electrons. The fourth-order valence-corrected chi connectivity index (χ4v) is 4.64. The minimum Gasteiger partial charge on any atom is -0.391 e. The highest BCUT2D eigenvalue weighted by molar-refractivity contribution is 6.04. The van der Waals surface area contributed by atoms with Crippen molar-refractivity contribution in [2.24, 2.45) is 0 Å². The predicted octanol–water partition coefficient (Wildman–Crippen LogP) is 3.95. The first-order valence-electron chi connectivity index (χ1n) is 10.6. The maximum Gasteiger partial charge on any atom is 0.254 e. The summed E-state index contributed by atoms with van der Waals surface area (Å²) < 4.78 is 0. The number of aryl methyl sites for hydroxylation is 1. The fourth-order valence-electron chi connectivity index (χ4n) is 4.64. The van der Waals surface area contributed by atoms with E-state index in [0.29, 0.717) is 30.8 Å². The first-order chi connectivity index (χ1) is 15.0. The quantitative estimate of drug-likeness (QED) is 0.684. The number of rotatable bonds is 3. The molecule has 1 heterocycles. The first-order valence-corrected chi connectivity index (χ1v) is 10.6. The van der Waals surface area contributed by atoms with Crippen LogP contribution in [0.4, 0.5) is 5.69 Å². The van der Waals surface area contributed by atoms with Crippen LogP contribution in [0.1, 0.15) is 39.4 Å². The van der Waals surface area contributed by atoms with E-state index in [1.54, 1.807) is 17.0 Å². The summed E-state index contributed by atoms with van der Waals surface area (Å²) in [6.07, 6.45) is 0.137. The van der Waals surface area contributed by atoms with Gasteiger partial charge in [0.05, 0.1) is 12.0 Å². The Labute approximate surface area is 181 Å². The zero-order valence-corrected chi connectivity index (χ0v) is 17.3. The van der Waals surface area contributed by atoms with E-state index in [2.05, 4.69) is 17.4 Å². The van der Waals surface area contributed by atoms with Crippen molar-refractivity contribution in [1.29, 1.82) is 0 Å². The minimum atomic E-state index is -0.462. The molecule has 0 spiro atoms. The molecule has 2 aliphatic rings. The average Bonchev–Trinajstić information content (AvgIpc) is 3.36. The van der Waals surface area contributed by atoms with E-state index in [1.807, 2.05) is 49.4 Å². The van der Waals surface area contributed by atoms with Gasteiger partial charge in [-0.1, -0.05) is 54.6 Å². The summed E-state index contributed by atoms with van der Waals surface area (Å²) in [7, 11) is 0. The number of carbonyl (C=O) groups excluding carboxylic acids is 2. The van der Waals surface area contributed by atoms with Crippen LogP contribution < -0.4 is 5.32 Å². The molecule has 2 N–H and O–H groups in total. The van der Waals surface area contributed by atoms with Gasteiger partial charge < -0.3 is 15.3 Å². The predicted molar refractivity (Wildman–Crippen MR) is 120 cm³/mol. The van der Waals surface area contributed by atoms with Gasteiger partial charge in [-0.05, 0) is 53.3 Å². The lowest BCUT2D eigenvalue weighted by Gasteiger charge is -2.18. The van der Waals surface area contributed by atoms with Crippen molar-refractivity contribution >= 4 is 17.5 Å². The van der Waals surface area contributed by atoms with Gasteiger partial charge in [-0.25, -0.2) is 0 Å². The summed E-state index contributed by atoms with van der Waals surface area (Å²) in [6.45, 7) is 2.81. The summed E-state index contributed by atoms with van der Waals surface area (Å²) >= 11 is 0. The van der Waals surface area contributed by atoms with E-state index in [9.17, 15) is 14.7 Å². The Morgan fingerprint density at radius 3 is 2.23 bits per heavy atom. The Hall–Kier alpha value is -3.44. The van der Waals surface area contributed by atoms with E-state index in [4.69, 9.17) is 0 Å². The normalized spacial score (nSPS) is 17.4. The summed E-state index contributed by atoms with van der Waals surface area (Å²) in [5, 5.41) is 12.8. The van der Waals surface area contributed by atoms with Crippen LogP contribution >= 0.6 is 0 Å². The molecular weight excluding hydrogens is 388 g/mol. The third kappa shape index (κ3) is 3.41. The number of hydrogen-bond acceptors (Lipinski definition) is 3. The Balaban J connectivity index is 1.44. The third-order valence-corrected chi connectivity index (χ3v) is 6.29. The number of hydrogen-bond donors (Lipinski definition) is 2. The summed E-state index contributed by atoms with van der Waals surface area (Å²) in [5.74, 6) is -0.620. The van der Waals surface area contributed by atoms with Gasteiger partial charge in [0.15, 0.2) is 0 Å². The second-order valence-electron chi connectivity index (χ2n) is 8.32. The minimum absolute atomic E-state index is 0.110. The van der Waals surface area contributed by atoms with Crippen molar-refractivity contribution in [3.63, 3.8) is 0 Å². The Morgan fingerprint density at radius 2 is 1.61 bits per heavy atom. The van der Waals surface area contributed by atoms with E-state index in [1.165, 1.54) is 0 Å². The van der Waals surface area contributed by atoms with Crippen LogP contribution in [0, 0.1) is 6.92 Å². The molecule has 0 saturated carbocycles. The number of fused-ring (bicyclic) bond motifs is 3. The van der Waals surface area contributed by atoms with Gasteiger partial charge in [0.1, 0.15) is 0 Å². The number of amides is 2. The molecule has 0 unspecified atom stereocenters. The smallest absolute Gasteiger partial charge is 0.254 e. The molecule has 5 rings (SSSR count). The van der Waals surface area contributed by atoms with Crippen molar-refractivity contribution < 1.29 is 14.7 Å². The summed E-state index contributed by atoms with van der Waals surface area (Å²) in [6, 6.07) is 21.4. The molecule has 0 radical (unpaired) electrons. The SMILES string of the molecule is Cc1ccc(C(=O)N2CC[C@@H](O)C2)cc1NC(=O)C1c2ccccc2-c2ccccc21. The highest BCUT2D eigenvalue weighted by Crippen LogP contribution is 2.45. The Morgan fingerprint density at radius 1 is 0.968 bits per heavy atom. The van der Waals surface area contributed by atoms with E-state index in [0.717, 1.165) is 27.8 Å². The van der Waals surface area contributed by atoms with Crippen molar-refractivity contribution in [3.05, 3.63) is 89.0 Å². The lowest BCUT2D eigenvalue weighted by molar-refractivity contribution is -0.116. The lowest BCUT2D eigenvalue weighted by Crippen LogP contribution is -2.29. The molecule has 1 atom stereocenters. The number of aliphatic hydroxyl groups excluding tert-OH is 1. The number of carbonyl (C=O) groups is 2. The molecule has 3 aromatic rings. The number of nitrogens with zero attached hydrogens (tertiary/aromatic N) is 1. The monoisotopic (exact) mass is 412 g/mol. The molecule has 3 aromatic carbocycles. The molecule has 1 saturated heterocycles. The van der Waals surface area contributed by atoms with Gasteiger partial charge in [-0.3, -0.25) is 9.59 Å². The maximum absolute atomic E-state index is 13.4. The van der Waals surface area contributed by atoms with Gasteiger partial charge in [0.2, 0.25) is 5.91 Å². The number of β-amino-alcohol motifs (C(OH)–C–C–N with tert-alkyl or cyclic N) is 1. The number of likely N-dealkylation sites (tertiary alicyclic amines) is 1. The molecule has 0 bridgehead atoms. The van der Waals surface area contributed by atoms with Gasteiger partial charge in [-0.15, -0.1) is 0 Å². The topological polar surface area (TPSA) is 69.6 Å². The number of anilines is 1. The van der Waals surface area contributed by atoms with Crippen LogP contribution in [0.5, 0.6) is 0 Å². The van der Waals surface area contributed by atoms with Crippen molar-refractivity contribution in [1.82, 2.24) is 4.90 Å². The highest BCUT2D eigenvalue weighted by Gasteiger charge is 2.33. The van der Waals surface area contributed by atoms with Crippen LogP contribution in [0.2, 0.25) is 0 Å². The lowest BCUT2D eigenvalue weighted by atomic mass is 9.95. The van der Waals surface area contributed by atoms with Crippen molar-refractivity contribution in [2.45, 2.75) is 25.4 Å². The number of benzene rings is 3. The van der Waals surface area contributed by atoms with E-state index in [-0.39, 0.29) is 17.7 Å². The largest absolute Gasteiger partial charge is 0.391 e. The van der Waals surface area contributed by atoms with Crippen molar-refractivity contribution in [2.75, 3.05) is 18.4 Å². The molecule has 1 fully saturated rings. The van der Waals surface area contributed by atoms with Crippen LogP contribution in [0.25, 0.3) is 11.1 Å².